The molecule has 14 heteroatoms. The highest BCUT2D eigenvalue weighted by atomic mass is 16.8. The summed E-state index contributed by atoms with van der Waals surface area (Å²) in [5.74, 6) is -3.36. The molecule has 4 aliphatic heterocycles. The quantitative estimate of drug-likeness (QED) is 0.295. The molecule has 4 saturated heterocycles. The van der Waals surface area contributed by atoms with Crippen molar-refractivity contribution in [2.45, 2.75) is 171 Å². The van der Waals surface area contributed by atoms with Crippen molar-refractivity contribution in [3.63, 3.8) is 0 Å². The van der Waals surface area contributed by atoms with Crippen LogP contribution in [0.1, 0.15) is 73.4 Å². The van der Waals surface area contributed by atoms with Gasteiger partial charge in [-0.15, -0.1) is 0 Å². The molecule has 4 heterocycles. The van der Waals surface area contributed by atoms with Gasteiger partial charge < -0.3 is 61.6 Å². The lowest BCUT2D eigenvalue weighted by Gasteiger charge is -2.48. The minimum Gasteiger partial charge on any atom is -0.497 e. The van der Waals surface area contributed by atoms with Gasteiger partial charge in [-0.2, -0.15) is 0 Å². The number of fused-ring (bicyclic) bond motifs is 4. The third-order valence-corrected chi connectivity index (χ3v) is 11.1. The van der Waals surface area contributed by atoms with Crippen LogP contribution in [-0.4, -0.2) is 109 Å². The van der Waals surface area contributed by atoms with E-state index < -0.39 is 102 Å². The van der Waals surface area contributed by atoms with Crippen molar-refractivity contribution in [2.75, 3.05) is 7.11 Å². The number of carbonyl (C=O) groups excluding carboxylic acids is 1. The van der Waals surface area contributed by atoms with Crippen LogP contribution < -0.4 is 4.74 Å². The van der Waals surface area contributed by atoms with Crippen molar-refractivity contribution in [1.82, 2.24) is 0 Å². The largest absolute Gasteiger partial charge is 0.509 e. The summed E-state index contributed by atoms with van der Waals surface area (Å²) in [6.07, 6.45) is -9.44. The van der Waals surface area contributed by atoms with E-state index in [1.807, 2.05) is 117 Å². The number of rotatable bonds is 9. The van der Waals surface area contributed by atoms with Crippen molar-refractivity contribution >= 4 is 6.16 Å². The zero-order valence-electron chi connectivity index (χ0n) is 33.2. The van der Waals surface area contributed by atoms with Gasteiger partial charge in [-0.25, -0.2) is 4.79 Å². The Labute approximate surface area is 322 Å². The average molecular weight is 771 g/mol. The Morgan fingerprint density at radius 2 is 0.945 bits per heavy atom. The maximum atomic E-state index is 14.2. The summed E-state index contributed by atoms with van der Waals surface area (Å²) in [6, 6.07) is 17.5. The number of methoxy groups -OCH3 is 1. The van der Waals surface area contributed by atoms with Crippen LogP contribution in [-0.2, 0) is 70.1 Å². The first-order valence-electron chi connectivity index (χ1n) is 19.1. The molecule has 2 aromatic rings. The van der Waals surface area contributed by atoms with Gasteiger partial charge in [0.1, 0.15) is 66.3 Å². The van der Waals surface area contributed by atoms with Crippen molar-refractivity contribution in [1.29, 1.82) is 0 Å². The monoisotopic (exact) mass is 770 g/mol. The number of benzene rings is 2. The summed E-state index contributed by atoms with van der Waals surface area (Å²) < 4.78 is 82.8. The average Bonchev–Trinajstić information content (AvgIpc) is 3.84. The Morgan fingerprint density at radius 1 is 0.527 bits per heavy atom. The van der Waals surface area contributed by atoms with E-state index >= 15 is 0 Å². The van der Waals surface area contributed by atoms with E-state index in [2.05, 4.69) is 0 Å². The summed E-state index contributed by atoms with van der Waals surface area (Å²) in [6.45, 7) is 17.0. The molecule has 55 heavy (non-hydrogen) atoms. The fourth-order valence-corrected chi connectivity index (χ4v) is 8.92. The van der Waals surface area contributed by atoms with E-state index in [1.165, 1.54) is 0 Å². The van der Waals surface area contributed by atoms with E-state index in [-0.39, 0.29) is 6.61 Å². The highest BCUT2D eigenvalue weighted by Crippen LogP contribution is 2.52. The summed E-state index contributed by atoms with van der Waals surface area (Å²) >= 11 is 0. The second-order valence-electron chi connectivity index (χ2n) is 17.2. The van der Waals surface area contributed by atoms with Gasteiger partial charge in [0.15, 0.2) is 35.4 Å². The first kappa shape index (κ1) is 39.0. The first-order valence-corrected chi connectivity index (χ1v) is 19.1. The fraction of sp³-hybridized carbons (Fsp3) is 0.683. The molecule has 2 saturated carbocycles. The Morgan fingerprint density at radius 3 is 1.44 bits per heavy atom. The topological polar surface area (TPSA) is 137 Å². The molecule has 0 aromatic heterocycles. The van der Waals surface area contributed by atoms with Crippen LogP contribution in [0.2, 0.25) is 0 Å². The summed E-state index contributed by atoms with van der Waals surface area (Å²) in [5.41, 5.74) is 0.830. The van der Waals surface area contributed by atoms with Crippen molar-refractivity contribution in [3.8, 4) is 5.75 Å². The van der Waals surface area contributed by atoms with Gasteiger partial charge in [-0.1, -0.05) is 42.5 Å². The van der Waals surface area contributed by atoms with Crippen LogP contribution in [0.15, 0.2) is 54.6 Å². The van der Waals surface area contributed by atoms with E-state index in [9.17, 15) is 4.79 Å². The Kier molecular flexibility index (Phi) is 9.84. The predicted octanol–water partition coefficient (Wildman–Crippen LogP) is 5.55. The van der Waals surface area contributed by atoms with E-state index in [1.54, 1.807) is 7.11 Å². The van der Waals surface area contributed by atoms with Gasteiger partial charge in [0.25, 0.3) is 0 Å². The molecular weight excluding hydrogens is 716 g/mol. The zero-order chi connectivity index (χ0) is 39.1. The number of ether oxygens (including phenoxy) is 13. The Balaban J connectivity index is 1.05. The van der Waals surface area contributed by atoms with Gasteiger partial charge in [0.2, 0.25) is 0 Å². The molecule has 0 bridgehead atoms. The SMILES string of the molecule is COc1ccc(COC2(C)[C@@H]3OC(C)(C)O[C@H]3C(OC(=O)O[C@H]3[C@@H]4OC(C)(C)O[C@H]4[C@H](OCc4ccccc4)[C@@H]4OC(C)(C)O[C@@H]34)[C@@H]3OC(C)(C)O[C@H]32)cc1. The van der Waals surface area contributed by atoms with Crippen LogP contribution in [0.5, 0.6) is 5.75 Å². The molecule has 0 radical (unpaired) electrons. The standard InChI is InChI=1S/C41H54O14/c1-37(2)48-28-25(44-20-22-14-12-11-13-15-22)29-31(51-38(3,4)49-29)26(30(28)50-37)46-36(42)47-27-32-34(54-39(5,6)52-32)41(9,35-33(27)53-40(7,8)55-35)45-21-23-16-18-24(43-10)19-17-23/h11-19,25-35H,20-21H2,1-10H3/t25-,26-,27?,28-,29-,30-,31-,32-,33-,34+,35+,41?/m0/s1. The van der Waals surface area contributed by atoms with E-state index in [0.29, 0.717) is 6.61 Å². The first-order chi connectivity index (χ1) is 25.9. The molecule has 8 rings (SSSR count). The van der Waals surface area contributed by atoms with Gasteiger partial charge >= 0.3 is 6.16 Å². The molecule has 6 fully saturated rings. The minimum absolute atomic E-state index is 0.244. The third-order valence-electron chi connectivity index (χ3n) is 11.1. The molecule has 0 spiro atoms. The predicted molar refractivity (Wildman–Crippen MR) is 192 cm³/mol. The maximum absolute atomic E-state index is 14.2. The lowest BCUT2D eigenvalue weighted by Crippen LogP contribution is -2.69. The van der Waals surface area contributed by atoms with Gasteiger partial charge in [-0.3, -0.25) is 0 Å². The Hall–Kier alpha value is -2.89. The van der Waals surface area contributed by atoms with E-state index in [4.69, 9.17) is 61.6 Å². The maximum Gasteiger partial charge on any atom is 0.509 e. The zero-order valence-corrected chi connectivity index (χ0v) is 33.2. The molecule has 6 aliphatic rings. The second-order valence-corrected chi connectivity index (χ2v) is 17.2. The molecule has 0 unspecified atom stereocenters. The van der Waals surface area contributed by atoms with Crippen molar-refractivity contribution < 1.29 is 66.4 Å². The summed E-state index contributed by atoms with van der Waals surface area (Å²) in [4.78, 5) is 14.2. The van der Waals surface area contributed by atoms with Crippen LogP contribution in [0.4, 0.5) is 4.79 Å². The molecule has 14 nitrogen and oxygen atoms in total. The van der Waals surface area contributed by atoms with Crippen LogP contribution in [0, 0.1) is 0 Å². The lowest BCUT2D eigenvalue weighted by atomic mass is 9.75. The second kappa shape index (κ2) is 13.9. The van der Waals surface area contributed by atoms with Gasteiger partial charge in [0.05, 0.1) is 20.3 Å². The highest BCUT2D eigenvalue weighted by Gasteiger charge is 2.71. The smallest absolute Gasteiger partial charge is 0.497 e. The fourth-order valence-electron chi connectivity index (χ4n) is 8.92. The molecular formula is C41H54O14. The summed E-state index contributed by atoms with van der Waals surface area (Å²) in [5, 5.41) is 0. The van der Waals surface area contributed by atoms with Crippen LogP contribution in [0.3, 0.4) is 0 Å². The molecule has 0 N–H and O–H groups in total. The van der Waals surface area contributed by atoms with Crippen molar-refractivity contribution in [3.05, 3.63) is 65.7 Å². The highest BCUT2D eigenvalue weighted by molar-refractivity contribution is 5.61. The minimum atomic E-state index is -1.08. The molecule has 2 aromatic carbocycles. The van der Waals surface area contributed by atoms with Gasteiger partial charge in [-0.05, 0) is 85.6 Å². The molecule has 302 valence electrons. The van der Waals surface area contributed by atoms with Crippen molar-refractivity contribution in [2.24, 2.45) is 0 Å². The lowest BCUT2D eigenvalue weighted by molar-refractivity contribution is -0.240. The third kappa shape index (κ3) is 7.51. The molecule has 8 atom stereocenters. The molecule has 0 amide bonds. The van der Waals surface area contributed by atoms with Crippen LogP contribution in [0.25, 0.3) is 0 Å². The number of carbonyl (C=O) groups is 1. The van der Waals surface area contributed by atoms with Gasteiger partial charge in [0, 0.05) is 0 Å². The number of hydrogen-bond acceptors (Lipinski definition) is 14. The van der Waals surface area contributed by atoms with Crippen LogP contribution >= 0.6 is 0 Å². The molecule has 2 aliphatic carbocycles. The number of hydrogen-bond donors (Lipinski definition) is 0. The summed E-state index contributed by atoms with van der Waals surface area (Å²) in [7, 11) is 1.62. The normalized spacial score (nSPS) is 40.1. The van der Waals surface area contributed by atoms with E-state index in [0.717, 1.165) is 16.9 Å². The Bertz CT molecular complexity index is 1630.